The summed E-state index contributed by atoms with van der Waals surface area (Å²) in [6.07, 6.45) is 8.10. The Morgan fingerprint density at radius 2 is 2.20 bits per heavy atom. The van der Waals surface area contributed by atoms with Gasteiger partial charge in [0.1, 0.15) is 0 Å². The van der Waals surface area contributed by atoms with Gasteiger partial charge >= 0.3 is 6.03 Å². The molecule has 1 aliphatic heterocycles. The Hall–Kier alpha value is -2.77. The molecule has 8 heteroatoms. The standard InChI is InChI=1S/C17H23N5O3/c1-2-21-9-6-18-15(16(21)23)22-7-3-14(4-8-22)20-17(24)19-11-13-5-10-25-12-13/h5-6,9-10,12,14H,2-4,7-8,11H2,1H3,(H2,19,20,24). The second kappa shape index (κ2) is 7.87. The Morgan fingerprint density at radius 3 is 2.88 bits per heavy atom. The summed E-state index contributed by atoms with van der Waals surface area (Å²) < 4.78 is 6.62. The number of amides is 2. The number of anilines is 1. The molecule has 8 nitrogen and oxygen atoms in total. The number of rotatable bonds is 5. The topological polar surface area (TPSA) is 92.4 Å². The molecule has 1 fully saturated rings. The summed E-state index contributed by atoms with van der Waals surface area (Å²) in [6, 6.07) is 1.72. The predicted molar refractivity (Wildman–Crippen MR) is 93.5 cm³/mol. The van der Waals surface area contributed by atoms with E-state index < -0.39 is 0 Å². The van der Waals surface area contributed by atoms with Gasteiger partial charge in [0.05, 0.1) is 12.5 Å². The van der Waals surface area contributed by atoms with E-state index in [-0.39, 0.29) is 17.6 Å². The van der Waals surface area contributed by atoms with E-state index in [0.717, 1.165) is 18.4 Å². The van der Waals surface area contributed by atoms with Crippen molar-refractivity contribution in [3.63, 3.8) is 0 Å². The highest BCUT2D eigenvalue weighted by Crippen LogP contribution is 2.14. The summed E-state index contributed by atoms with van der Waals surface area (Å²) in [6.45, 7) is 4.39. The van der Waals surface area contributed by atoms with Crippen LogP contribution in [0.25, 0.3) is 0 Å². The van der Waals surface area contributed by atoms with Gasteiger partial charge in [-0.2, -0.15) is 0 Å². The molecule has 0 radical (unpaired) electrons. The van der Waals surface area contributed by atoms with Gasteiger partial charge in [0.25, 0.3) is 5.56 Å². The van der Waals surface area contributed by atoms with Crippen molar-refractivity contribution < 1.29 is 9.21 Å². The van der Waals surface area contributed by atoms with E-state index in [4.69, 9.17) is 4.42 Å². The van der Waals surface area contributed by atoms with Crippen molar-refractivity contribution in [2.45, 2.75) is 38.9 Å². The van der Waals surface area contributed by atoms with Crippen molar-refractivity contribution in [2.24, 2.45) is 0 Å². The van der Waals surface area contributed by atoms with E-state index in [1.165, 1.54) is 0 Å². The monoisotopic (exact) mass is 345 g/mol. The van der Waals surface area contributed by atoms with Gasteiger partial charge in [0, 0.05) is 50.2 Å². The van der Waals surface area contributed by atoms with Crippen LogP contribution in [0.3, 0.4) is 0 Å². The van der Waals surface area contributed by atoms with Crippen LogP contribution in [0.5, 0.6) is 0 Å². The molecule has 3 heterocycles. The highest BCUT2D eigenvalue weighted by molar-refractivity contribution is 5.74. The number of piperidine rings is 1. The van der Waals surface area contributed by atoms with E-state index >= 15 is 0 Å². The maximum Gasteiger partial charge on any atom is 0.315 e. The predicted octanol–water partition coefficient (Wildman–Crippen LogP) is 1.32. The lowest BCUT2D eigenvalue weighted by atomic mass is 10.1. The maximum absolute atomic E-state index is 12.3. The van der Waals surface area contributed by atoms with Gasteiger partial charge in [-0.15, -0.1) is 0 Å². The molecule has 0 aliphatic carbocycles. The van der Waals surface area contributed by atoms with Gasteiger partial charge in [0.2, 0.25) is 0 Å². The third-order valence-electron chi connectivity index (χ3n) is 4.40. The Labute approximate surface area is 145 Å². The van der Waals surface area contributed by atoms with E-state index in [9.17, 15) is 9.59 Å². The number of aromatic nitrogens is 2. The number of hydrogen-bond donors (Lipinski definition) is 2. The third kappa shape index (κ3) is 4.20. The highest BCUT2D eigenvalue weighted by Gasteiger charge is 2.23. The lowest BCUT2D eigenvalue weighted by Crippen LogP contribution is -2.49. The Balaban J connectivity index is 1.48. The van der Waals surface area contributed by atoms with E-state index in [2.05, 4.69) is 15.6 Å². The van der Waals surface area contributed by atoms with Crippen molar-refractivity contribution in [3.8, 4) is 0 Å². The minimum Gasteiger partial charge on any atom is -0.472 e. The largest absolute Gasteiger partial charge is 0.472 e. The van der Waals surface area contributed by atoms with Crippen LogP contribution in [0.15, 0.2) is 40.2 Å². The van der Waals surface area contributed by atoms with E-state index in [0.29, 0.717) is 32.0 Å². The van der Waals surface area contributed by atoms with Crippen LogP contribution in [0.1, 0.15) is 25.3 Å². The Kier molecular flexibility index (Phi) is 5.37. The number of carbonyl (C=O) groups is 1. The molecule has 1 aliphatic rings. The van der Waals surface area contributed by atoms with Gasteiger partial charge in [-0.05, 0) is 25.8 Å². The van der Waals surface area contributed by atoms with Crippen molar-refractivity contribution in [1.29, 1.82) is 0 Å². The fraction of sp³-hybridized carbons (Fsp3) is 0.471. The van der Waals surface area contributed by atoms with Crippen LogP contribution in [0.2, 0.25) is 0 Å². The first-order valence-electron chi connectivity index (χ1n) is 8.53. The molecule has 2 N–H and O–H groups in total. The summed E-state index contributed by atoms with van der Waals surface area (Å²) >= 11 is 0. The van der Waals surface area contributed by atoms with Crippen molar-refractivity contribution in [2.75, 3.05) is 18.0 Å². The number of hydrogen-bond acceptors (Lipinski definition) is 5. The summed E-state index contributed by atoms with van der Waals surface area (Å²) in [5.41, 5.74) is 0.863. The van der Waals surface area contributed by atoms with E-state index in [1.807, 2.05) is 17.9 Å². The fourth-order valence-corrected chi connectivity index (χ4v) is 2.95. The summed E-state index contributed by atoms with van der Waals surface area (Å²) in [4.78, 5) is 30.5. The fourth-order valence-electron chi connectivity index (χ4n) is 2.95. The molecule has 2 amide bonds. The first-order valence-corrected chi connectivity index (χ1v) is 8.53. The zero-order valence-corrected chi connectivity index (χ0v) is 14.3. The van der Waals surface area contributed by atoms with Crippen LogP contribution in [-0.4, -0.2) is 34.7 Å². The molecular weight excluding hydrogens is 322 g/mol. The molecule has 1 saturated heterocycles. The van der Waals surface area contributed by atoms with Gasteiger partial charge in [-0.1, -0.05) is 0 Å². The van der Waals surface area contributed by atoms with E-state index in [1.54, 1.807) is 29.5 Å². The maximum atomic E-state index is 12.3. The van der Waals surface area contributed by atoms with Gasteiger partial charge in [0.15, 0.2) is 5.82 Å². The number of urea groups is 1. The molecule has 0 bridgehead atoms. The number of furan rings is 1. The molecular formula is C17H23N5O3. The minimum atomic E-state index is -0.189. The van der Waals surface area contributed by atoms with Crippen molar-refractivity contribution >= 4 is 11.8 Å². The lowest BCUT2D eigenvalue weighted by molar-refractivity contribution is 0.234. The van der Waals surface area contributed by atoms with Crippen molar-refractivity contribution in [1.82, 2.24) is 20.2 Å². The quantitative estimate of drug-likeness (QED) is 0.853. The molecule has 0 atom stereocenters. The molecule has 2 aromatic heterocycles. The number of nitrogens with zero attached hydrogens (tertiary/aromatic N) is 3. The highest BCUT2D eigenvalue weighted by atomic mass is 16.3. The average molecular weight is 345 g/mol. The van der Waals surface area contributed by atoms with Crippen LogP contribution in [-0.2, 0) is 13.1 Å². The molecule has 25 heavy (non-hydrogen) atoms. The van der Waals surface area contributed by atoms with Crippen molar-refractivity contribution in [3.05, 3.63) is 46.9 Å². The number of nitrogens with one attached hydrogen (secondary N) is 2. The van der Waals surface area contributed by atoms with Gasteiger partial charge in [-0.25, -0.2) is 9.78 Å². The SMILES string of the molecule is CCn1ccnc(N2CCC(NC(=O)NCc3ccoc3)CC2)c1=O. The summed E-state index contributed by atoms with van der Waals surface area (Å²) in [7, 11) is 0. The molecule has 2 aromatic rings. The molecule has 134 valence electrons. The molecule has 0 aromatic carbocycles. The van der Waals surface area contributed by atoms with Crippen LogP contribution in [0.4, 0.5) is 10.6 Å². The summed E-state index contributed by atoms with van der Waals surface area (Å²) in [5.74, 6) is 0.493. The van der Waals surface area contributed by atoms with Crippen LogP contribution in [0, 0.1) is 0 Å². The second-order valence-electron chi connectivity index (χ2n) is 6.06. The number of aryl methyl sites for hydroxylation is 1. The summed E-state index contributed by atoms with van der Waals surface area (Å²) in [5, 5.41) is 5.79. The molecule has 0 unspecified atom stereocenters. The minimum absolute atomic E-state index is 0.0609. The van der Waals surface area contributed by atoms with Crippen LogP contribution >= 0.6 is 0 Å². The van der Waals surface area contributed by atoms with Gasteiger partial charge < -0.3 is 24.5 Å². The van der Waals surface area contributed by atoms with Crippen LogP contribution < -0.4 is 21.1 Å². The first kappa shape index (κ1) is 17.1. The zero-order chi connectivity index (χ0) is 17.6. The third-order valence-corrected chi connectivity index (χ3v) is 4.40. The average Bonchev–Trinajstić information content (AvgIpc) is 3.15. The first-order chi connectivity index (χ1) is 12.2. The zero-order valence-electron chi connectivity index (χ0n) is 14.3. The Bertz CT molecular complexity index is 748. The molecule has 0 spiro atoms. The molecule has 3 rings (SSSR count). The smallest absolute Gasteiger partial charge is 0.315 e. The van der Waals surface area contributed by atoms with Gasteiger partial charge in [-0.3, -0.25) is 4.79 Å². The Morgan fingerprint density at radius 1 is 1.40 bits per heavy atom. The molecule has 0 saturated carbocycles. The second-order valence-corrected chi connectivity index (χ2v) is 6.06. The lowest BCUT2D eigenvalue weighted by Gasteiger charge is -2.32. The number of carbonyl (C=O) groups excluding carboxylic acids is 1. The normalized spacial score (nSPS) is 15.2.